The molecule has 0 amide bonds. The number of hydrogen-bond donors (Lipinski definition) is 0. The third-order valence-corrected chi connectivity index (χ3v) is 2.52. The number of ether oxygens (including phenoxy) is 1. The second-order valence-electron chi connectivity index (χ2n) is 4.09. The van der Waals surface area contributed by atoms with E-state index in [0.29, 0.717) is 0 Å². The van der Waals surface area contributed by atoms with Crippen LogP contribution in [0.5, 0.6) is 0 Å². The number of unbranched alkanes of at least 4 members (excludes halogenated alkanes) is 5. The molecule has 0 saturated heterocycles. The van der Waals surface area contributed by atoms with Crippen LogP contribution in [0.2, 0.25) is 0 Å². The van der Waals surface area contributed by atoms with Gasteiger partial charge in [0.25, 0.3) is 0 Å². The normalized spacial score (nSPS) is 12.5. The molecule has 0 rings (SSSR count). The Bertz CT molecular complexity index is 155. The molecule has 0 aliphatic carbocycles. The van der Waals surface area contributed by atoms with Crippen molar-refractivity contribution < 1.29 is 9.53 Å². The van der Waals surface area contributed by atoms with Gasteiger partial charge in [-0.05, 0) is 19.8 Å². The number of carbonyl (C=O) groups excluding carboxylic acids is 1. The molecule has 0 spiro atoms. The van der Waals surface area contributed by atoms with Crippen molar-refractivity contribution in [2.45, 2.75) is 71.8 Å². The molecule has 2 nitrogen and oxygen atoms in total. The van der Waals surface area contributed by atoms with Crippen molar-refractivity contribution in [3.8, 4) is 0 Å². The van der Waals surface area contributed by atoms with Crippen molar-refractivity contribution >= 4 is 5.97 Å². The number of carbonyl (C=O) groups is 1. The van der Waals surface area contributed by atoms with Gasteiger partial charge in [0, 0.05) is 0 Å². The summed E-state index contributed by atoms with van der Waals surface area (Å²) in [5, 5.41) is 0. The lowest BCUT2D eigenvalue weighted by atomic mass is 10.1. The maximum atomic E-state index is 10.9. The van der Waals surface area contributed by atoms with Crippen molar-refractivity contribution in [2.75, 3.05) is 0 Å². The average Bonchev–Trinajstić information content (AvgIpc) is 2.23. The first-order chi connectivity index (χ1) is 7.20. The Morgan fingerprint density at radius 1 is 1.20 bits per heavy atom. The van der Waals surface area contributed by atoms with E-state index in [9.17, 15) is 4.79 Å². The first-order valence-electron chi connectivity index (χ1n) is 6.20. The van der Waals surface area contributed by atoms with E-state index in [4.69, 9.17) is 4.74 Å². The summed E-state index contributed by atoms with van der Waals surface area (Å²) < 4.78 is 5.13. The zero-order chi connectivity index (χ0) is 11.5. The SMILES string of the molecule is C[CH]C(=O)OC(C)CCCCCCCC. The molecule has 89 valence electrons. The summed E-state index contributed by atoms with van der Waals surface area (Å²) in [5.74, 6) is -0.200. The molecular formula is C13H25O2. The summed E-state index contributed by atoms with van der Waals surface area (Å²) in [6.45, 7) is 5.90. The lowest BCUT2D eigenvalue weighted by Crippen LogP contribution is -2.14. The molecule has 0 aromatic heterocycles. The summed E-state index contributed by atoms with van der Waals surface area (Å²) in [5.41, 5.74) is 0. The van der Waals surface area contributed by atoms with Gasteiger partial charge in [0.05, 0.1) is 12.5 Å². The fourth-order valence-electron chi connectivity index (χ4n) is 1.54. The Labute approximate surface area is 94.4 Å². The standard InChI is InChI=1S/C13H25O2/c1-4-6-7-8-9-10-11-12(3)15-13(14)5-2/h5,12H,4,6-11H2,1-3H3. The van der Waals surface area contributed by atoms with Gasteiger partial charge in [-0.1, -0.05) is 46.0 Å². The van der Waals surface area contributed by atoms with Crippen LogP contribution in [0.1, 0.15) is 65.7 Å². The van der Waals surface area contributed by atoms with E-state index < -0.39 is 0 Å². The van der Waals surface area contributed by atoms with Crippen molar-refractivity contribution in [3.63, 3.8) is 0 Å². The Hall–Kier alpha value is -0.530. The smallest absolute Gasteiger partial charge is 0.309 e. The van der Waals surface area contributed by atoms with Crippen molar-refractivity contribution in [3.05, 3.63) is 6.42 Å². The maximum absolute atomic E-state index is 10.9. The first-order valence-corrected chi connectivity index (χ1v) is 6.20. The molecule has 0 aliphatic rings. The molecule has 1 unspecified atom stereocenters. The fraction of sp³-hybridized carbons (Fsp3) is 0.846. The van der Waals surface area contributed by atoms with Gasteiger partial charge in [-0.25, -0.2) is 0 Å². The van der Waals surface area contributed by atoms with E-state index >= 15 is 0 Å². The second-order valence-corrected chi connectivity index (χ2v) is 4.09. The number of esters is 1. The molecule has 0 aliphatic heterocycles. The molecule has 0 fully saturated rings. The fourth-order valence-corrected chi connectivity index (χ4v) is 1.54. The summed E-state index contributed by atoms with van der Waals surface area (Å²) >= 11 is 0. The highest BCUT2D eigenvalue weighted by atomic mass is 16.5. The van der Waals surface area contributed by atoms with Crippen LogP contribution in [0, 0.1) is 6.42 Å². The molecule has 1 atom stereocenters. The summed E-state index contributed by atoms with van der Waals surface area (Å²) in [6.07, 6.45) is 10.3. The minimum absolute atomic E-state index is 0.0693. The van der Waals surface area contributed by atoms with Crippen LogP contribution in [-0.2, 0) is 9.53 Å². The van der Waals surface area contributed by atoms with E-state index in [0.717, 1.165) is 6.42 Å². The first kappa shape index (κ1) is 14.5. The van der Waals surface area contributed by atoms with Crippen LogP contribution in [0.25, 0.3) is 0 Å². The van der Waals surface area contributed by atoms with E-state index in [2.05, 4.69) is 6.92 Å². The number of hydrogen-bond acceptors (Lipinski definition) is 2. The van der Waals surface area contributed by atoms with E-state index in [1.165, 1.54) is 44.9 Å². The molecule has 0 N–H and O–H groups in total. The third kappa shape index (κ3) is 9.77. The predicted molar refractivity (Wildman–Crippen MR) is 63.5 cm³/mol. The highest BCUT2D eigenvalue weighted by Gasteiger charge is 2.06. The van der Waals surface area contributed by atoms with Crippen LogP contribution in [-0.4, -0.2) is 12.1 Å². The van der Waals surface area contributed by atoms with Crippen LogP contribution in [0.15, 0.2) is 0 Å². The maximum Gasteiger partial charge on any atom is 0.309 e. The van der Waals surface area contributed by atoms with E-state index in [1.54, 1.807) is 6.92 Å². The lowest BCUT2D eigenvalue weighted by molar-refractivity contribution is -0.144. The molecule has 0 aromatic carbocycles. The monoisotopic (exact) mass is 213 g/mol. The molecule has 0 heterocycles. The predicted octanol–water partition coefficient (Wildman–Crippen LogP) is 3.89. The van der Waals surface area contributed by atoms with Gasteiger partial charge in [0.1, 0.15) is 0 Å². The zero-order valence-corrected chi connectivity index (χ0v) is 10.4. The van der Waals surface area contributed by atoms with Crippen LogP contribution < -0.4 is 0 Å². The van der Waals surface area contributed by atoms with Gasteiger partial charge < -0.3 is 4.74 Å². The quantitative estimate of drug-likeness (QED) is 0.429. The molecule has 1 radical (unpaired) electrons. The lowest BCUT2D eigenvalue weighted by Gasteiger charge is -2.11. The molecule has 0 aromatic rings. The Morgan fingerprint density at radius 3 is 2.40 bits per heavy atom. The van der Waals surface area contributed by atoms with E-state index in [-0.39, 0.29) is 12.1 Å². The van der Waals surface area contributed by atoms with E-state index in [1.807, 2.05) is 6.92 Å². The molecule has 15 heavy (non-hydrogen) atoms. The third-order valence-electron chi connectivity index (χ3n) is 2.52. The largest absolute Gasteiger partial charge is 0.462 e. The van der Waals surface area contributed by atoms with Gasteiger partial charge in [0.15, 0.2) is 0 Å². The van der Waals surface area contributed by atoms with Crippen molar-refractivity contribution in [1.82, 2.24) is 0 Å². The Morgan fingerprint density at radius 2 is 1.80 bits per heavy atom. The molecule has 0 bridgehead atoms. The number of rotatable bonds is 9. The summed E-state index contributed by atoms with van der Waals surface area (Å²) in [7, 11) is 0. The van der Waals surface area contributed by atoms with Gasteiger partial charge in [0.2, 0.25) is 0 Å². The highest BCUT2D eigenvalue weighted by Crippen LogP contribution is 2.10. The van der Waals surface area contributed by atoms with Gasteiger partial charge in [-0.15, -0.1) is 0 Å². The summed E-state index contributed by atoms with van der Waals surface area (Å²) in [6, 6.07) is 0. The zero-order valence-electron chi connectivity index (χ0n) is 10.4. The molecular weight excluding hydrogens is 188 g/mol. The minimum Gasteiger partial charge on any atom is -0.462 e. The van der Waals surface area contributed by atoms with Crippen LogP contribution >= 0.6 is 0 Å². The minimum atomic E-state index is -0.200. The van der Waals surface area contributed by atoms with Gasteiger partial charge in [-0.2, -0.15) is 0 Å². The van der Waals surface area contributed by atoms with Gasteiger partial charge in [-0.3, -0.25) is 4.79 Å². The highest BCUT2D eigenvalue weighted by molar-refractivity contribution is 5.78. The Kier molecular flexibility index (Phi) is 9.65. The molecule has 2 heteroatoms. The average molecular weight is 213 g/mol. The Balaban J connectivity index is 3.23. The topological polar surface area (TPSA) is 26.3 Å². The van der Waals surface area contributed by atoms with Crippen LogP contribution in [0.3, 0.4) is 0 Å². The van der Waals surface area contributed by atoms with Gasteiger partial charge >= 0.3 is 5.97 Å². The second kappa shape index (κ2) is 10.0. The molecule has 0 saturated carbocycles. The van der Waals surface area contributed by atoms with Crippen molar-refractivity contribution in [2.24, 2.45) is 0 Å². The van der Waals surface area contributed by atoms with Crippen molar-refractivity contribution in [1.29, 1.82) is 0 Å². The van der Waals surface area contributed by atoms with Crippen LogP contribution in [0.4, 0.5) is 0 Å². The summed E-state index contributed by atoms with van der Waals surface area (Å²) in [4.78, 5) is 10.9.